The third-order valence-corrected chi connectivity index (χ3v) is 5.63. The van der Waals surface area contributed by atoms with Crippen LogP contribution in [0.1, 0.15) is 17.8 Å². The van der Waals surface area contributed by atoms with Gasteiger partial charge >= 0.3 is 0 Å². The molecule has 1 aliphatic heterocycles. The van der Waals surface area contributed by atoms with Gasteiger partial charge in [0.2, 0.25) is 0 Å². The summed E-state index contributed by atoms with van der Waals surface area (Å²) in [6, 6.07) is 12.0. The van der Waals surface area contributed by atoms with Crippen LogP contribution < -0.4 is 10.2 Å². The van der Waals surface area contributed by atoms with Crippen molar-refractivity contribution >= 4 is 23.0 Å². The Morgan fingerprint density at radius 3 is 2.93 bits per heavy atom. The molecule has 7 nitrogen and oxygen atoms in total. The van der Waals surface area contributed by atoms with Crippen LogP contribution in [0, 0.1) is 5.92 Å². The maximum atomic E-state index is 9.42. The molecule has 1 atom stereocenters. The van der Waals surface area contributed by atoms with Crippen molar-refractivity contribution in [1.82, 2.24) is 20.2 Å². The number of anilines is 2. The zero-order chi connectivity index (χ0) is 18.5. The van der Waals surface area contributed by atoms with Gasteiger partial charge in [-0.25, -0.2) is 9.97 Å². The number of aliphatic hydroxyl groups is 1. The van der Waals surface area contributed by atoms with Crippen LogP contribution in [-0.4, -0.2) is 45.0 Å². The molecule has 140 valence electrons. The molecule has 4 rings (SSSR count). The minimum absolute atomic E-state index is 0.230. The third-order valence-electron chi connectivity index (χ3n) is 4.66. The molecular weight excluding hydrogens is 360 g/mol. The van der Waals surface area contributed by atoms with Gasteiger partial charge in [0.1, 0.15) is 28.0 Å². The fourth-order valence-corrected chi connectivity index (χ4v) is 4.01. The monoisotopic (exact) mass is 382 g/mol. The number of hydrogen-bond acceptors (Lipinski definition) is 8. The molecule has 0 bridgehead atoms. The van der Waals surface area contributed by atoms with Gasteiger partial charge in [0, 0.05) is 31.3 Å². The van der Waals surface area contributed by atoms with Crippen LogP contribution in [0.4, 0.5) is 11.6 Å². The van der Waals surface area contributed by atoms with E-state index in [0.29, 0.717) is 12.5 Å². The first-order valence-corrected chi connectivity index (χ1v) is 9.93. The molecule has 1 aromatic carbocycles. The summed E-state index contributed by atoms with van der Waals surface area (Å²) in [7, 11) is 0. The average Bonchev–Trinajstić information content (AvgIpc) is 3.22. The number of piperidine rings is 1. The smallest absolute Gasteiger partial charge is 0.147 e. The van der Waals surface area contributed by atoms with Crippen LogP contribution in [0.25, 0.3) is 10.6 Å². The molecule has 2 N–H and O–H groups in total. The molecule has 3 heterocycles. The zero-order valence-electron chi connectivity index (χ0n) is 15.0. The number of aliphatic hydroxyl groups excluding tert-OH is 1. The summed E-state index contributed by atoms with van der Waals surface area (Å²) in [5.41, 5.74) is 1.08. The average molecular weight is 382 g/mol. The van der Waals surface area contributed by atoms with Crippen molar-refractivity contribution in [2.24, 2.45) is 5.92 Å². The van der Waals surface area contributed by atoms with Crippen molar-refractivity contribution in [3.63, 3.8) is 0 Å². The minimum Gasteiger partial charge on any atom is -0.396 e. The van der Waals surface area contributed by atoms with Gasteiger partial charge < -0.3 is 15.3 Å². The Hall–Kier alpha value is -2.58. The summed E-state index contributed by atoms with van der Waals surface area (Å²) in [6.07, 6.45) is 3.73. The number of rotatable bonds is 6. The van der Waals surface area contributed by atoms with Crippen molar-refractivity contribution < 1.29 is 5.11 Å². The fraction of sp³-hybridized carbons (Fsp3) is 0.368. The van der Waals surface area contributed by atoms with Crippen LogP contribution in [0.5, 0.6) is 0 Å². The lowest BCUT2D eigenvalue weighted by Crippen LogP contribution is -2.37. The molecule has 0 saturated carbocycles. The van der Waals surface area contributed by atoms with Crippen LogP contribution in [0.2, 0.25) is 0 Å². The topological polar surface area (TPSA) is 87.1 Å². The molecule has 0 aliphatic carbocycles. The van der Waals surface area contributed by atoms with E-state index in [1.165, 1.54) is 0 Å². The van der Waals surface area contributed by atoms with Gasteiger partial charge in [0.25, 0.3) is 0 Å². The second-order valence-corrected chi connectivity index (χ2v) is 7.68. The Bertz CT molecular complexity index is 871. The molecular formula is C19H22N6OS. The highest BCUT2D eigenvalue weighted by Crippen LogP contribution is 2.25. The minimum atomic E-state index is 0.230. The molecule has 2 aromatic heterocycles. The quantitative estimate of drug-likeness (QED) is 0.678. The van der Waals surface area contributed by atoms with Gasteiger partial charge in [0.15, 0.2) is 0 Å². The Balaban J connectivity index is 1.40. The lowest BCUT2D eigenvalue weighted by atomic mass is 9.99. The van der Waals surface area contributed by atoms with E-state index in [2.05, 4.69) is 30.4 Å². The molecule has 0 amide bonds. The summed E-state index contributed by atoms with van der Waals surface area (Å²) < 4.78 is 0. The van der Waals surface area contributed by atoms with E-state index in [-0.39, 0.29) is 6.61 Å². The van der Waals surface area contributed by atoms with E-state index in [4.69, 9.17) is 0 Å². The Labute approximate surface area is 162 Å². The summed E-state index contributed by atoms with van der Waals surface area (Å²) >= 11 is 1.57. The molecule has 27 heavy (non-hydrogen) atoms. The predicted molar refractivity (Wildman–Crippen MR) is 107 cm³/mol. The molecule has 0 radical (unpaired) electrons. The van der Waals surface area contributed by atoms with Crippen LogP contribution in [0.15, 0.2) is 42.7 Å². The van der Waals surface area contributed by atoms with Crippen LogP contribution in [0.3, 0.4) is 0 Å². The van der Waals surface area contributed by atoms with Crippen LogP contribution >= 0.6 is 11.3 Å². The van der Waals surface area contributed by atoms with E-state index < -0.39 is 0 Å². The summed E-state index contributed by atoms with van der Waals surface area (Å²) in [4.78, 5) is 10.9. The van der Waals surface area contributed by atoms with E-state index >= 15 is 0 Å². The van der Waals surface area contributed by atoms with Gasteiger partial charge in [-0.15, -0.1) is 10.2 Å². The maximum Gasteiger partial charge on any atom is 0.147 e. The van der Waals surface area contributed by atoms with E-state index in [1.54, 1.807) is 17.7 Å². The van der Waals surface area contributed by atoms with E-state index in [9.17, 15) is 5.11 Å². The largest absolute Gasteiger partial charge is 0.396 e. The molecule has 8 heteroatoms. The van der Waals surface area contributed by atoms with Gasteiger partial charge in [0.05, 0.1) is 6.54 Å². The molecule has 0 spiro atoms. The van der Waals surface area contributed by atoms with Crippen molar-refractivity contribution in [3.8, 4) is 10.6 Å². The van der Waals surface area contributed by atoms with Gasteiger partial charge in [-0.3, -0.25) is 0 Å². The lowest BCUT2D eigenvalue weighted by Gasteiger charge is -2.32. The predicted octanol–water partition coefficient (Wildman–Crippen LogP) is 2.82. The third kappa shape index (κ3) is 4.40. The molecule has 3 aromatic rings. The standard InChI is InChI=1S/C19H22N6OS/c26-12-14-5-4-8-25(11-14)17-9-16(21-13-22-17)20-10-18-23-24-19(27-18)15-6-2-1-3-7-15/h1-3,6-7,9,13-14,26H,4-5,8,10-12H2,(H,20,21,22). The highest BCUT2D eigenvalue weighted by molar-refractivity contribution is 7.14. The van der Waals surface area contributed by atoms with Crippen molar-refractivity contribution in [1.29, 1.82) is 0 Å². The van der Waals surface area contributed by atoms with Gasteiger partial charge in [-0.05, 0) is 18.8 Å². The zero-order valence-corrected chi connectivity index (χ0v) is 15.8. The van der Waals surface area contributed by atoms with E-state index in [0.717, 1.165) is 53.1 Å². The lowest BCUT2D eigenvalue weighted by molar-refractivity contribution is 0.208. The van der Waals surface area contributed by atoms with Crippen LogP contribution in [-0.2, 0) is 6.54 Å². The second-order valence-electron chi connectivity index (χ2n) is 6.62. The second kappa shape index (κ2) is 8.41. The van der Waals surface area contributed by atoms with Crippen molar-refractivity contribution in [3.05, 3.63) is 47.7 Å². The van der Waals surface area contributed by atoms with Gasteiger partial charge in [-0.2, -0.15) is 0 Å². The Kier molecular flexibility index (Phi) is 5.55. The molecule has 1 fully saturated rings. The highest BCUT2D eigenvalue weighted by atomic mass is 32.1. The molecule has 1 saturated heterocycles. The summed E-state index contributed by atoms with van der Waals surface area (Å²) in [5.74, 6) is 1.98. The number of nitrogens with zero attached hydrogens (tertiary/aromatic N) is 5. The van der Waals surface area contributed by atoms with Crippen molar-refractivity contribution in [2.45, 2.75) is 19.4 Å². The fourth-order valence-electron chi connectivity index (χ4n) is 3.23. The SMILES string of the molecule is OCC1CCCN(c2cc(NCc3nnc(-c4ccccc4)s3)ncn2)C1. The summed E-state index contributed by atoms with van der Waals surface area (Å²) in [6.45, 7) is 2.60. The number of nitrogens with one attached hydrogen (secondary N) is 1. The van der Waals surface area contributed by atoms with Crippen molar-refractivity contribution in [2.75, 3.05) is 29.9 Å². The first-order chi connectivity index (χ1) is 13.3. The normalized spacial score (nSPS) is 17.1. The molecule has 1 unspecified atom stereocenters. The molecule has 1 aliphatic rings. The Morgan fingerprint density at radius 2 is 2.07 bits per heavy atom. The number of hydrogen-bond donors (Lipinski definition) is 2. The number of benzene rings is 1. The summed E-state index contributed by atoms with van der Waals surface area (Å²) in [5, 5.41) is 23.1. The number of aromatic nitrogens is 4. The van der Waals surface area contributed by atoms with Gasteiger partial charge in [-0.1, -0.05) is 41.7 Å². The highest BCUT2D eigenvalue weighted by Gasteiger charge is 2.20. The van der Waals surface area contributed by atoms with E-state index in [1.807, 2.05) is 36.4 Å². The first-order valence-electron chi connectivity index (χ1n) is 9.11. The maximum absolute atomic E-state index is 9.42. The Morgan fingerprint density at radius 1 is 1.19 bits per heavy atom. The first kappa shape index (κ1) is 17.8.